The highest BCUT2D eigenvalue weighted by molar-refractivity contribution is 5.91. The van der Waals surface area contributed by atoms with Crippen LogP contribution in [0, 0.1) is 0 Å². The summed E-state index contributed by atoms with van der Waals surface area (Å²) in [5.74, 6) is -0.105. The molecule has 1 aliphatic heterocycles. The molecule has 1 aliphatic carbocycles. The van der Waals surface area contributed by atoms with Gasteiger partial charge in [-0.2, -0.15) is 0 Å². The topological polar surface area (TPSA) is 64.7 Å². The van der Waals surface area contributed by atoms with Gasteiger partial charge in [-0.25, -0.2) is 4.79 Å². The van der Waals surface area contributed by atoms with E-state index in [1.54, 1.807) is 24.3 Å². The lowest BCUT2D eigenvalue weighted by molar-refractivity contribution is -0.114. The highest BCUT2D eigenvalue weighted by atomic mass is 16.2. The first-order valence-corrected chi connectivity index (χ1v) is 8.79. The van der Waals surface area contributed by atoms with E-state index in [1.807, 2.05) is 4.90 Å². The van der Waals surface area contributed by atoms with Crippen molar-refractivity contribution >= 4 is 23.3 Å². The van der Waals surface area contributed by atoms with Crippen molar-refractivity contribution in [1.29, 1.82) is 0 Å². The highest BCUT2D eigenvalue weighted by Gasteiger charge is 2.27. The standard InChI is InChI=1S/C18H26N4O2/c1-14(23)19-15-6-8-16(9-7-15)20-18(24)22-12-10-21(11-13-22)17-4-2-3-5-17/h6-9,17H,2-5,10-13H2,1H3,(H,19,23)(H,20,24). The third-order valence-electron chi connectivity index (χ3n) is 4.90. The molecule has 1 saturated carbocycles. The Labute approximate surface area is 143 Å². The Morgan fingerprint density at radius 1 is 0.917 bits per heavy atom. The number of carbonyl (C=O) groups excluding carboxylic acids is 2. The fourth-order valence-electron chi connectivity index (χ4n) is 3.60. The van der Waals surface area contributed by atoms with Gasteiger partial charge >= 0.3 is 6.03 Å². The van der Waals surface area contributed by atoms with Crippen LogP contribution < -0.4 is 10.6 Å². The summed E-state index contributed by atoms with van der Waals surface area (Å²) in [5.41, 5.74) is 1.47. The van der Waals surface area contributed by atoms with Crippen molar-refractivity contribution in [3.8, 4) is 0 Å². The molecule has 24 heavy (non-hydrogen) atoms. The predicted molar refractivity (Wildman–Crippen MR) is 95.2 cm³/mol. The molecule has 1 aromatic carbocycles. The van der Waals surface area contributed by atoms with Gasteiger partial charge in [0.05, 0.1) is 0 Å². The summed E-state index contributed by atoms with van der Waals surface area (Å²) >= 11 is 0. The van der Waals surface area contributed by atoms with Gasteiger partial charge in [-0.15, -0.1) is 0 Å². The number of piperazine rings is 1. The fourth-order valence-corrected chi connectivity index (χ4v) is 3.60. The number of urea groups is 1. The number of nitrogens with zero attached hydrogens (tertiary/aromatic N) is 2. The lowest BCUT2D eigenvalue weighted by Crippen LogP contribution is -2.52. The van der Waals surface area contributed by atoms with Crippen molar-refractivity contribution in [1.82, 2.24) is 9.80 Å². The minimum Gasteiger partial charge on any atom is -0.326 e. The SMILES string of the molecule is CC(=O)Nc1ccc(NC(=O)N2CCN(C3CCCC3)CC2)cc1. The van der Waals surface area contributed by atoms with E-state index in [4.69, 9.17) is 0 Å². The van der Waals surface area contributed by atoms with E-state index in [2.05, 4.69) is 15.5 Å². The van der Waals surface area contributed by atoms with Gasteiger partial charge in [-0.1, -0.05) is 12.8 Å². The van der Waals surface area contributed by atoms with Gasteiger partial charge in [0.15, 0.2) is 0 Å². The van der Waals surface area contributed by atoms with Gasteiger partial charge in [0.1, 0.15) is 0 Å². The molecule has 0 spiro atoms. The lowest BCUT2D eigenvalue weighted by Gasteiger charge is -2.38. The maximum absolute atomic E-state index is 12.4. The predicted octanol–water partition coefficient (Wildman–Crippen LogP) is 2.74. The Morgan fingerprint density at radius 3 is 2.00 bits per heavy atom. The van der Waals surface area contributed by atoms with Crippen LogP contribution in [0.3, 0.4) is 0 Å². The van der Waals surface area contributed by atoms with E-state index < -0.39 is 0 Å². The maximum Gasteiger partial charge on any atom is 0.321 e. The number of anilines is 2. The minimum absolute atomic E-state index is 0.0478. The third-order valence-corrected chi connectivity index (χ3v) is 4.90. The zero-order valence-corrected chi connectivity index (χ0v) is 14.3. The Hall–Kier alpha value is -2.08. The van der Waals surface area contributed by atoms with Crippen LogP contribution >= 0.6 is 0 Å². The molecule has 1 saturated heterocycles. The number of hydrogen-bond acceptors (Lipinski definition) is 3. The number of rotatable bonds is 3. The lowest BCUT2D eigenvalue weighted by atomic mass is 10.2. The summed E-state index contributed by atoms with van der Waals surface area (Å²) in [6, 6.07) is 7.87. The number of nitrogens with one attached hydrogen (secondary N) is 2. The average Bonchev–Trinajstić information content (AvgIpc) is 3.11. The molecular weight excluding hydrogens is 304 g/mol. The number of hydrogen-bond donors (Lipinski definition) is 2. The van der Waals surface area contributed by atoms with Crippen LogP contribution in [-0.4, -0.2) is 54.0 Å². The number of benzene rings is 1. The molecule has 0 aromatic heterocycles. The number of amides is 3. The van der Waals surface area contributed by atoms with Gasteiger partial charge in [-0.3, -0.25) is 9.69 Å². The highest BCUT2D eigenvalue weighted by Crippen LogP contribution is 2.24. The van der Waals surface area contributed by atoms with Crippen LogP contribution in [0.2, 0.25) is 0 Å². The second-order valence-electron chi connectivity index (χ2n) is 6.65. The smallest absolute Gasteiger partial charge is 0.321 e. The molecule has 2 fully saturated rings. The van der Waals surface area contributed by atoms with E-state index in [0.717, 1.165) is 43.6 Å². The van der Waals surface area contributed by atoms with Crippen LogP contribution in [0.25, 0.3) is 0 Å². The molecule has 0 radical (unpaired) electrons. The molecule has 6 heteroatoms. The van der Waals surface area contributed by atoms with Gasteiger partial charge < -0.3 is 15.5 Å². The zero-order valence-electron chi connectivity index (χ0n) is 14.3. The van der Waals surface area contributed by atoms with Crippen molar-refractivity contribution in [3.63, 3.8) is 0 Å². The van der Waals surface area contributed by atoms with Gasteiger partial charge in [0.2, 0.25) is 5.91 Å². The van der Waals surface area contributed by atoms with Crippen LogP contribution in [0.4, 0.5) is 16.2 Å². The van der Waals surface area contributed by atoms with Crippen LogP contribution in [0.15, 0.2) is 24.3 Å². The first-order chi connectivity index (χ1) is 11.6. The van der Waals surface area contributed by atoms with Crippen molar-refractivity contribution < 1.29 is 9.59 Å². The fraction of sp³-hybridized carbons (Fsp3) is 0.556. The number of carbonyl (C=O) groups is 2. The third kappa shape index (κ3) is 4.26. The molecule has 0 unspecified atom stereocenters. The largest absolute Gasteiger partial charge is 0.326 e. The normalized spacial score (nSPS) is 19.3. The molecule has 3 rings (SSSR count). The quantitative estimate of drug-likeness (QED) is 0.896. The van der Waals surface area contributed by atoms with Gasteiger partial charge in [-0.05, 0) is 37.1 Å². The molecule has 0 bridgehead atoms. The summed E-state index contributed by atoms with van der Waals surface area (Å²) < 4.78 is 0. The summed E-state index contributed by atoms with van der Waals surface area (Å²) in [7, 11) is 0. The van der Waals surface area contributed by atoms with E-state index in [9.17, 15) is 9.59 Å². The molecular formula is C18H26N4O2. The second-order valence-corrected chi connectivity index (χ2v) is 6.65. The first-order valence-electron chi connectivity index (χ1n) is 8.79. The van der Waals surface area contributed by atoms with E-state index >= 15 is 0 Å². The minimum atomic E-state index is -0.105. The molecule has 6 nitrogen and oxygen atoms in total. The van der Waals surface area contributed by atoms with E-state index in [-0.39, 0.29) is 11.9 Å². The first kappa shape index (κ1) is 16.8. The summed E-state index contributed by atoms with van der Waals surface area (Å²) in [4.78, 5) is 27.8. The van der Waals surface area contributed by atoms with Gasteiger partial charge in [0.25, 0.3) is 0 Å². The van der Waals surface area contributed by atoms with Crippen molar-refractivity contribution in [3.05, 3.63) is 24.3 Å². The molecule has 2 aliphatic rings. The van der Waals surface area contributed by atoms with Gasteiger partial charge in [0, 0.05) is 50.5 Å². The van der Waals surface area contributed by atoms with Crippen molar-refractivity contribution in [2.75, 3.05) is 36.8 Å². The van der Waals surface area contributed by atoms with Crippen LogP contribution in [-0.2, 0) is 4.79 Å². The summed E-state index contributed by atoms with van der Waals surface area (Å²) in [5, 5.41) is 5.64. The Morgan fingerprint density at radius 2 is 1.46 bits per heavy atom. The Balaban J connectivity index is 1.47. The summed E-state index contributed by atoms with van der Waals surface area (Å²) in [6.07, 6.45) is 5.32. The molecule has 2 N–H and O–H groups in total. The molecule has 130 valence electrons. The Kier molecular flexibility index (Phi) is 5.35. The summed E-state index contributed by atoms with van der Waals surface area (Å²) in [6.45, 7) is 4.98. The van der Waals surface area contributed by atoms with Crippen LogP contribution in [0.1, 0.15) is 32.6 Å². The molecule has 1 heterocycles. The Bertz CT molecular complexity index is 573. The average molecular weight is 330 g/mol. The second kappa shape index (κ2) is 7.66. The maximum atomic E-state index is 12.4. The van der Waals surface area contributed by atoms with Crippen molar-refractivity contribution in [2.24, 2.45) is 0 Å². The van der Waals surface area contributed by atoms with Crippen LogP contribution in [0.5, 0.6) is 0 Å². The van der Waals surface area contributed by atoms with Crippen molar-refractivity contribution in [2.45, 2.75) is 38.6 Å². The zero-order chi connectivity index (χ0) is 16.9. The monoisotopic (exact) mass is 330 g/mol. The molecule has 3 amide bonds. The molecule has 0 atom stereocenters. The molecule has 1 aromatic rings. The van der Waals surface area contributed by atoms with E-state index in [1.165, 1.54) is 32.6 Å². The van der Waals surface area contributed by atoms with E-state index in [0.29, 0.717) is 0 Å².